The normalized spacial score (nSPS) is 9.65. The van der Waals surface area contributed by atoms with E-state index in [-0.39, 0.29) is 11.0 Å². The molecule has 2 aromatic rings. The smallest absolute Gasteiger partial charge is 0.283 e. The van der Waals surface area contributed by atoms with Crippen LogP contribution in [0.25, 0.3) is 0 Å². The number of benzene rings is 1. The second-order valence-corrected chi connectivity index (χ2v) is 3.81. The minimum atomic E-state index is -0.560. The maximum atomic E-state index is 11.5. The lowest BCUT2D eigenvalue weighted by Gasteiger charge is -2.02. The molecule has 5 nitrogen and oxygen atoms in total. The minimum Gasteiger partial charge on any atom is -0.435 e. The van der Waals surface area contributed by atoms with Crippen molar-refractivity contribution in [3.8, 4) is 17.7 Å². The molecule has 0 N–H and O–H groups in total. The van der Waals surface area contributed by atoms with Crippen LogP contribution >= 0.6 is 23.3 Å². The van der Waals surface area contributed by atoms with Crippen molar-refractivity contribution in [3.63, 3.8) is 0 Å². The van der Waals surface area contributed by atoms with E-state index in [4.69, 9.17) is 21.6 Å². The van der Waals surface area contributed by atoms with Crippen molar-refractivity contribution < 1.29 is 4.74 Å². The topological polar surface area (TPSA) is 75.9 Å². The molecule has 1 heterocycles. The van der Waals surface area contributed by atoms with E-state index in [0.29, 0.717) is 11.3 Å². The van der Waals surface area contributed by atoms with Gasteiger partial charge in [-0.15, -0.1) is 4.37 Å². The van der Waals surface area contributed by atoms with Crippen molar-refractivity contribution >= 4 is 23.3 Å². The molecular formula is C10H4ClN3O2S. The largest absolute Gasteiger partial charge is 0.435 e. The van der Waals surface area contributed by atoms with Crippen molar-refractivity contribution in [2.45, 2.75) is 0 Å². The number of nitriles is 1. The maximum absolute atomic E-state index is 11.5. The molecule has 84 valence electrons. The zero-order valence-electron chi connectivity index (χ0n) is 8.25. The van der Waals surface area contributed by atoms with E-state index in [9.17, 15) is 4.79 Å². The van der Waals surface area contributed by atoms with Crippen LogP contribution in [0, 0.1) is 11.3 Å². The molecule has 0 fully saturated rings. The standard InChI is InChI=1S/C10H4ClN3O2S/c11-9-8(15)10(14-17-13-9)16-7-3-1-6(5-12)2-4-7/h1-4H. The Morgan fingerprint density at radius 1 is 1.29 bits per heavy atom. The molecule has 0 amide bonds. The molecule has 7 heteroatoms. The van der Waals surface area contributed by atoms with Crippen LogP contribution in [-0.2, 0) is 0 Å². The van der Waals surface area contributed by atoms with Gasteiger partial charge in [-0.05, 0) is 24.3 Å². The van der Waals surface area contributed by atoms with Gasteiger partial charge in [0.2, 0.25) is 0 Å². The van der Waals surface area contributed by atoms with Crippen LogP contribution in [0.3, 0.4) is 0 Å². The summed E-state index contributed by atoms with van der Waals surface area (Å²) in [4.78, 5) is 11.5. The third-order valence-electron chi connectivity index (χ3n) is 1.82. The Morgan fingerprint density at radius 2 is 2.00 bits per heavy atom. The molecule has 0 spiro atoms. The minimum absolute atomic E-state index is 0.125. The number of nitrogens with zero attached hydrogens (tertiary/aromatic N) is 3. The average molecular weight is 266 g/mol. The predicted molar refractivity (Wildman–Crippen MR) is 62.4 cm³/mol. The van der Waals surface area contributed by atoms with Crippen LogP contribution in [0.4, 0.5) is 0 Å². The van der Waals surface area contributed by atoms with Crippen LogP contribution in [0.5, 0.6) is 11.6 Å². The van der Waals surface area contributed by atoms with Crippen molar-refractivity contribution in [2.75, 3.05) is 0 Å². The van der Waals surface area contributed by atoms with Gasteiger partial charge in [0.1, 0.15) is 5.75 Å². The summed E-state index contributed by atoms with van der Waals surface area (Å²) in [5.41, 5.74) is -0.0574. The van der Waals surface area contributed by atoms with Gasteiger partial charge in [0.05, 0.1) is 23.4 Å². The van der Waals surface area contributed by atoms with Crippen molar-refractivity contribution in [2.24, 2.45) is 0 Å². The maximum Gasteiger partial charge on any atom is 0.283 e. The highest BCUT2D eigenvalue weighted by Crippen LogP contribution is 2.18. The van der Waals surface area contributed by atoms with Gasteiger partial charge in [0.25, 0.3) is 11.3 Å². The third kappa shape index (κ3) is 2.58. The van der Waals surface area contributed by atoms with Crippen molar-refractivity contribution in [3.05, 3.63) is 45.2 Å². The molecule has 0 unspecified atom stereocenters. The monoisotopic (exact) mass is 265 g/mol. The van der Waals surface area contributed by atoms with E-state index in [1.165, 1.54) is 0 Å². The number of hydrogen-bond donors (Lipinski definition) is 0. The van der Waals surface area contributed by atoms with Gasteiger partial charge in [0.15, 0.2) is 5.15 Å². The van der Waals surface area contributed by atoms with Gasteiger partial charge in [-0.3, -0.25) is 4.79 Å². The highest BCUT2D eigenvalue weighted by atomic mass is 35.5. The number of halogens is 1. The summed E-state index contributed by atoms with van der Waals surface area (Å²) >= 11 is 6.34. The van der Waals surface area contributed by atoms with Crippen molar-refractivity contribution in [1.82, 2.24) is 8.75 Å². The first-order valence-electron chi connectivity index (χ1n) is 4.41. The van der Waals surface area contributed by atoms with Gasteiger partial charge >= 0.3 is 0 Å². The zero-order valence-corrected chi connectivity index (χ0v) is 9.83. The van der Waals surface area contributed by atoms with Crippen LogP contribution in [0.2, 0.25) is 5.15 Å². The van der Waals surface area contributed by atoms with Gasteiger partial charge in [-0.1, -0.05) is 11.6 Å². The van der Waals surface area contributed by atoms with E-state index in [1.54, 1.807) is 24.3 Å². The van der Waals surface area contributed by atoms with Crippen molar-refractivity contribution in [1.29, 1.82) is 5.26 Å². The summed E-state index contributed by atoms with van der Waals surface area (Å²) in [6, 6.07) is 8.26. The second-order valence-electron chi connectivity index (χ2n) is 2.93. The Bertz CT molecular complexity index is 633. The quantitative estimate of drug-likeness (QED) is 0.832. The molecule has 0 saturated carbocycles. The van der Waals surface area contributed by atoms with E-state index < -0.39 is 5.43 Å². The number of aromatic nitrogens is 2. The first-order valence-corrected chi connectivity index (χ1v) is 5.52. The molecule has 0 aliphatic heterocycles. The van der Waals surface area contributed by atoms with Crippen LogP contribution in [0.15, 0.2) is 29.1 Å². The summed E-state index contributed by atoms with van der Waals surface area (Å²) in [5, 5.41) is 8.45. The number of rotatable bonds is 2. The average Bonchev–Trinajstić information content (AvgIpc) is 2.36. The van der Waals surface area contributed by atoms with E-state index in [1.807, 2.05) is 6.07 Å². The predicted octanol–water partition coefficient (Wildman–Crippen LogP) is 2.22. The first-order chi connectivity index (χ1) is 8.20. The van der Waals surface area contributed by atoms with E-state index in [0.717, 1.165) is 11.7 Å². The SMILES string of the molecule is N#Cc1ccc(Oc2nsnc(Cl)c2=O)cc1. The van der Waals surface area contributed by atoms with Gasteiger partial charge < -0.3 is 4.74 Å². The first kappa shape index (κ1) is 11.5. The lowest BCUT2D eigenvalue weighted by atomic mass is 10.2. The summed E-state index contributed by atoms with van der Waals surface area (Å²) in [7, 11) is 0. The molecule has 17 heavy (non-hydrogen) atoms. The highest BCUT2D eigenvalue weighted by molar-refractivity contribution is 6.99. The Balaban J connectivity index is 2.29. The molecule has 0 saturated heterocycles. The molecule has 0 bridgehead atoms. The number of hydrogen-bond acceptors (Lipinski definition) is 6. The molecule has 0 aliphatic rings. The Kier molecular flexibility index (Phi) is 3.32. The van der Waals surface area contributed by atoms with Gasteiger partial charge in [-0.25, -0.2) is 0 Å². The second kappa shape index (κ2) is 4.91. The molecular weight excluding hydrogens is 262 g/mol. The summed E-state index contributed by atoms with van der Waals surface area (Å²) < 4.78 is 12.5. The fourth-order valence-corrected chi connectivity index (χ4v) is 1.60. The third-order valence-corrected chi connectivity index (χ3v) is 2.69. The molecule has 0 atom stereocenters. The molecule has 2 rings (SSSR count). The van der Waals surface area contributed by atoms with Crippen LogP contribution < -0.4 is 10.2 Å². The van der Waals surface area contributed by atoms with Gasteiger partial charge in [-0.2, -0.15) is 9.64 Å². The van der Waals surface area contributed by atoms with Crippen LogP contribution in [-0.4, -0.2) is 8.75 Å². The van der Waals surface area contributed by atoms with Gasteiger partial charge in [0, 0.05) is 0 Å². The van der Waals surface area contributed by atoms with E-state index in [2.05, 4.69) is 8.75 Å². The lowest BCUT2D eigenvalue weighted by molar-refractivity contribution is 0.462. The Hall–Kier alpha value is -1.97. The fraction of sp³-hybridized carbons (Fsp3) is 0. The molecule has 1 aromatic heterocycles. The molecule has 0 aliphatic carbocycles. The Labute approximate surface area is 105 Å². The lowest BCUT2D eigenvalue weighted by Crippen LogP contribution is -2.07. The summed E-state index contributed by atoms with van der Waals surface area (Å²) in [5.74, 6) is 0.280. The van der Waals surface area contributed by atoms with E-state index >= 15 is 0 Å². The van der Waals surface area contributed by atoms with Crippen LogP contribution in [0.1, 0.15) is 5.56 Å². The molecule has 0 radical (unpaired) electrons. The summed E-state index contributed by atoms with van der Waals surface area (Å²) in [6.07, 6.45) is 0. The highest BCUT2D eigenvalue weighted by Gasteiger charge is 2.08. The fourth-order valence-electron chi connectivity index (χ4n) is 1.04. The number of ether oxygens (including phenoxy) is 1. The molecule has 1 aromatic carbocycles. The summed E-state index contributed by atoms with van der Waals surface area (Å²) in [6.45, 7) is 0. The Morgan fingerprint density at radius 3 is 2.65 bits per heavy atom. The zero-order chi connectivity index (χ0) is 12.3.